The molecule has 1 aliphatic carbocycles. The fourth-order valence-corrected chi connectivity index (χ4v) is 3.46. The van der Waals surface area contributed by atoms with Gasteiger partial charge in [-0.25, -0.2) is 0 Å². The van der Waals surface area contributed by atoms with E-state index in [1.807, 2.05) is 17.5 Å². The van der Waals surface area contributed by atoms with Gasteiger partial charge in [-0.15, -0.1) is 11.3 Å². The van der Waals surface area contributed by atoms with Crippen LogP contribution in [0.2, 0.25) is 0 Å². The number of hydrogen-bond acceptors (Lipinski definition) is 2. The predicted molar refractivity (Wildman–Crippen MR) is 58.8 cm³/mol. The highest BCUT2D eigenvalue weighted by molar-refractivity contribution is 9.10. The number of rotatable bonds is 2. The van der Waals surface area contributed by atoms with Crippen molar-refractivity contribution < 1.29 is 4.79 Å². The van der Waals surface area contributed by atoms with Crippen LogP contribution >= 0.6 is 27.3 Å². The fourth-order valence-electron chi connectivity index (χ4n) is 1.79. The summed E-state index contributed by atoms with van der Waals surface area (Å²) in [7, 11) is 0. The van der Waals surface area contributed by atoms with Gasteiger partial charge in [-0.1, -0.05) is 34.8 Å². The minimum absolute atomic E-state index is 0.238. The third-order valence-electron chi connectivity index (χ3n) is 2.55. The molecule has 70 valence electrons. The first-order valence-electron chi connectivity index (χ1n) is 4.50. The number of halogens is 1. The topological polar surface area (TPSA) is 17.1 Å². The average molecular weight is 259 g/mol. The maximum atomic E-state index is 12.0. The van der Waals surface area contributed by atoms with Crippen LogP contribution in [-0.4, -0.2) is 10.1 Å². The van der Waals surface area contributed by atoms with Crippen LogP contribution in [0.15, 0.2) is 17.5 Å². The molecule has 1 nitrogen and oxygen atoms in total. The van der Waals surface area contributed by atoms with Gasteiger partial charge in [-0.05, 0) is 24.3 Å². The summed E-state index contributed by atoms with van der Waals surface area (Å²) >= 11 is 5.13. The first kappa shape index (κ1) is 9.41. The number of ketones is 1. The van der Waals surface area contributed by atoms with Crippen LogP contribution in [0.1, 0.15) is 35.4 Å². The van der Waals surface area contributed by atoms with Crippen molar-refractivity contribution in [3.8, 4) is 0 Å². The van der Waals surface area contributed by atoms with E-state index in [-0.39, 0.29) is 10.1 Å². The van der Waals surface area contributed by atoms with E-state index in [0.29, 0.717) is 0 Å². The molecule has 1 aromatic rings. The Kier molecular flexibility index (Phi) is 2.56. The van der Waals surface area contributed by atoms with Crippen molar-refractivity contribution in [3.05, 3.63) is 22.4 Å². The van der Waals surface area contributed by atoms with E-state index in [1.165, 1.54) is 24.2 Å². The minimum atomic E-state index is -0.238. The molecule has 0 N–H and O–H groups in total. The van der Waals surface area contributed by atoms with Gasteiger partial charge in [-0.2, -0.15) is 0 Å². The lowest BCUT2D eigenvalue weighted by atomic mass is 10.0. The van der Waals surface area contributed by atoms with E-state index >= 15 is 0 Å². The molecule has 1 saturated carbocycles. The molecule has 0 saturated heterocycles. The van der Waals surface area contributed by atoms with E-state index < -0.39 is 0 Å². The van der Waals surface area contributed by atoms with Gasteiger partial charge in [0.1, 0.15) is 0 Å². The van der Waals surface area contributed by atoms with E-state index in [1.54, 1.807) is 0 Å². The van der Waals surface area contributed by atoms with Crippen molar-refractivity contribution in [3.63, 3.8) is 0 Å². The number of thiophene rings is 1. The SMILES string of the molecule is O=C(c1cccs1)C1(Br)CCCC1. The first-order valence-corrected chi connectivity index (χ1v) is 6.17. The Morgan fingerprint density at radius 1 is 1.46 bits per heavy atom. The van der Waals surface area contributed by atoms with Gasteiger partial charge in [0.05, 0.1) is 9.20 Å². The van der Waals surface area contributed by atoms with Gasteiger partial charge in [0.25, 0.3) is 0 Å². The maximum absolute atomic E-state index is 12.0. The standard InChI is InChI=1S/C10H11BrOS/c11-10(5-1-2-6-10)9(12)8-4-3-7-13-8/h3-4,7H,1-2,5-6H2. The van der Waals surface area contributed by atoms with E-state index in [4.69, 9.17) is 0 Å². The van der Waals surface area contributed by atoms with Crippen molar-refractivity contribution in [1.29, 1.82) is 0 Å². The van der Waals surface area contributed by atoms with Gasteiger partial charge in [0.2, 0.25) is 0 Å². The monoisotopic (exact) mass is 258 g/mol. The molecule has 3 heteroatoms. The van der Waals surface area contributed by atoms with Crippen molar-refractivity contribution in [2.24, 2.45) is 0 Å². The van der Waals surface area contributed by atoms with Crippen LogP contribution in [-0.2, 0) is 0 Å². The third kappa shape index (κ3) is 1.72. The second-order valence-corrected chi connectivity index (χ2v) is 5.94. The lowest BCUT2D eigenvalue weighted by Crippen LogP contribution is -2.27. The summed E-state index contributed by atoms with van der Waals surface area (Å²) < 4.78 is -0.238. The Morgan fingerprint density at radius 3 is 2.69 bits per heavy atom. The zero-order valence-corrected chi connectivity index (χ0v) is 9.66. The van der Waals surface area contributed by atoms with Crippen molar-refractivity contribution in [2.45, 2.75) is 30.0 Å². The van der Waals surface area contributed by atoms with Crippen LogP contribution in [0.4, 0.5) is 0 Å². The molecule has 1 aliphatic rings. The fraction of sp³-hybridized carbons (Fsp3) is 0.500. The summed E-state index contributed by atoms with van der Waals surface area (Å²) in [5.74, 6) is 0.278. The molecule has 0 aliphatic heterocycles. The van der Waals surface area contributed by atoms with Crippen LogP contribution in [0.3, 0.4) is 0 Å². The van der Waals surface area contributed by atoms with E-state index in [9.17, 15) is 4.79 Å². The Bertz CT molecular complexity index is 299. The number of Topliss-reactive ketones (excluding diaryl/α,β-unsaturated/α-hetero) is 1. The zero-order chi connectivity index (χ0) is 9.31. The highest BCUT2D eigenvalue weighted by atomic mass is 79.9. The van der Waals surface area contributed by atoms with Crippen LogP contribution < -0.4 is 0 Å². The molecule has 1 aromatic heterocycles. The molecular formula is C10H11BrOS. The zero-order valence-electron chi connectivity index (χ0n) is 7.25. The Labute approximate surface area is 90.3 Å². The number of hydrogen-bond donors (Lipinski definition) is 0. The van der Waals surface area contributed by atoms with Gasteiger partial charge in [0.15, 0.2) is 5.78 Å². The number of carbonyl (C=O) groups is 1. The third-order valence-corrected chi connectivity index (χ3v) is 4.57. The Balaban J connectivity index is 2.21. The summed E-state index contributed by atoms with van der Waals surface area (Å²) in [5.41, 5.74) is 0. The van der Waals surface area contributed by atoms with Crippen LogP contribution in [0, 0.1) is 0 Å². The molecule has 2 rings (SSSR count). The average Bonchev–Trinajstić information content (AvgIpc) is 2.73. The number of alkyl halides is 1. The van der Waals surface area contributed by atoms with Crippen LogP contribution in [0.5, 0.6) is 0 Å². The summed E-state index contributed by atoms with van der Waals surface area (Å²) in [6.07, 6.45) is 4.32. The molecule has 0 unspecified atom stereocenters. The highest BCUT2D eigenvalue weighted by Gasteiger charge is 2.39. The molecule has 1 heterocycles. The Hall–Kier alpha value is -0.150. The van der Waals surface area contributed by atoms with E-state index in [0.717, 1.165) is 17.7 Å². The summed E-state index contributed by atoms with van der Waals surface area (Å²) in [6.45, 7) is 0. The van der Waals surface area contributed by atoms with Crippen molar-refractivity contribution in [1.82, 2.24) is 0 Å². The molecule has 0 bridgehead atoms. The quantitative estimate of drug-likeness (QED) is 0.585. The largest absolute Gasteiger partial charge is 0.292 e. The molecular weight excluding hydrogens is 248 g/mol. The second-order valence-electron chi connectivity index (χ2n) is 3.48. The summed E-state index contributed by atoms with van der Waals surface area (Å²) in [4.78, 5) is 12.9. The van der Waals surface area contributed by atoms with E-state index in [2.05, 4.69) is 15.9 Å². The Morgan fingerprint density at radius 2 is 2.15 bits per heavy atom. The number of carbonyl (C=O) groups excluding carboxylic acids is 1. The maximum Gasteiger partial charge on any atom is 0.189 e. The van der Waals surface area contributed by atoms with Gasteiger partial charge >= 0.3 is 0 Å². The smallest absolute Gasteiger partial charge is 0.189 e. The predicted octanol–water partition coefficient (Wildman–Crippen LogP) is 3.64. The summed E-state index contributed by atoms with van der Waals surface area (Å²) in [6, 6.07) is 3.84. The van der Waals surface area contributed by atoms with Crippen molar-refractivity contribution >= 4 is 33.0 Å². The molecule has 0 aromatic carbocycles. The minimum Gasteiger partial charge on any atom is -0.292 e. The highest BCUT2D eigenvalue weighted by Crippen LogP contribution is 2.40. The molecule has 1 fully saturated rings. The van der Waals surface area contributed by atoms with Gasteiger partial charge in [0, 0.05) is 0 Å². The lowest BCUT2D eigenvalue weighted by Gasteiger charge is -2.17. The molecule has 13 heavy (non-hydrogen) atoms. The normalized spacial score (nSPS) is 20.4. The van der Waals surface area contributed by atoms with Crippen molar-refractivity contribution in [2.75, 3.05) is 0 Å². The lowest BCUT2D eigenvalue weighted by molar-refractivity contribution is 0.0952. The molecule has 0 amide bonds. The first-order chi connectivity index (χ1) is 6.22. The van der Waals surface area contributed by atoms with Crippen LogP contribution in [0.25, 0.3) is 0 Å². The summed E-state index contributed by atoms with van der Waals surface area (Å²) in [5, 5.41) is 1.96. The van der Waals surface area contributed by atoms with Gasteiger partial charge in [-0.3, -0.25) is 4.79 Å². The second kappa shape index (κ2) is 3.54. The molecule has 0 spiro atoms. The van der Waals surface area contributed by atoms with Gasteiger partial charge < -0.3 is 0 Å². The molecule has 0 radical (unpaired) electrons. The molecule has 0 atom stereocenters.